The van der Waals surface area contributed by atoms with Crippen molar-refractivity contribution in [3.8, 4) is 0 Å². The van der Waals surface area contributed by atoms with E-state index in [1.54, 1.807) is 0 Å². The predicted octanol–water partition coefficient (Wildman–Crippen LogP) is 5.51. The lowest BCUT2D eigenvalue weighted by molar-refractivity contribution is -0.156. The van der Waals surface area contributed by atoms with Gasteiger partial charge in [0.15, 0.2) is 18.5 Å². The highest BCUT2D eigenvalue weighted by Gasteiger charge is 2.46. The average Bonchev–Trinajstić information content (AvgIpc) is 3.25. The Morgan fingerprint density at radius 2 is 1.59 bits per heavy atom. The second kappa shape index (κ2) is 12.2. The maximum Gasteiger partial charge on any atom is 0.336 e. The molecular weight excluding hydrogens is 408 g/mol. The highest BCUT2D eigenvalue weighted by atomic mass is 16.7. The van der Waals surface area contributed by atoms with Crippen LogP contribution in [0.2, 0.25) is 0 Å². The lowest BCUT2D eigenvalue weighted by Crippen LogP contribution is -2.36. The summed E-state index contributed by atoms with van der Waals surface area (Å²) in [6, 6.07) is 7.54. The minimum Gasteiger partial charge on any atom is -0.479 e. The Labute approximate surface area is 190 Å². The molecule has 0 radical (unpaired) electrons. The van der Waals surface area contributed by atoms with Crippen LogP contribution in [0.3, 0.4) is 0 Å². The van der Waals surface area contributed by atoms with Crippen molar-refractivity contribution in [1.29, 1.82) is 0 Å². The summed E-state index contributed by atoms with van der Waals surface area (Å²) in [5.74, 6) is -1.02. The number of carbonyl (C=O) groups is 2. The molecule has 3 rings (SSSR count). The molecule has 0 unspecified atom stereocenters. The number of aliphatic carboxylic acids is 2. The van der Waals surface area contributed by atoms with Gasteiger partial charge in [0.2, 0.25) is 0 Å². The fraction of sp³-hybridized carbons (Fsp3) is 0.615. The Balaban J connectivity index is 1.40. The quantitative estimate of drug-likeness (QED) is 0.345. The van der Waals surface area contributed by atoms with Gasteiger partial charge in [-0.05, 0) is 55.9 Å². The molecule has 1 saturated carbocycles. The van der Waals surface area contributed by atoms with Gasteiger partial charge in [-0.2, -0.15) is 0 Å². The standard InChI is InChI=1S/C26H36O6/c1-2-3-4-7-18-10-12-19(13-11-18)8-5-6-9-20-14-16-21(17-15-20)26-31-22(24(27)28)23(32-26)25(29)30/h5,8,14-19,22-23,26H,2-4,6-7,9-13H2,1H3,(H,27,28)(H,29,30)/t18-,19-,22-,23-/m1/s1. The van der Waals surface area contributed by atoms with E-state index in [0.717, 1.165) is 24.7 Å². The number of benzene rings is 1. The molecule has 0 aromatic heterocycles. The summed E-state index contributed by atoms with van der Waals surface area (Å²) in [6.45, 7) is 2.27. The van der Waals surface area contributed by atoms with Crippen molar-refractivity contribution in [1.82, 2.24) is 0 Å². The van der Waals surface area contributed by atoms with E-state index in [-0.39, 0.29) is 0 Å². The van der Waals surface area contributed by atoms with E-state index in [9.17, 15) is 9.59 Å². The largest absolute Gasteiger partial charge is 0.479 e. The first-order valence-electron chi connectivity index (χ1n) is 12.0. The molecule has 1 aromatic rings. The third kappa shape index (κ3) is 6.91. The first-order valence-corrected chi connectivity index (χ1v) is 12.0. The van der Waals surface area contributed by atoms with Crippen LogP contribution in [0.4, 0.5) is 0 Å². The zero-order chi connectivity index (χ0) is 22.9. The third-order valence-corrected chi connectivity index (χ3v) is 6.67. The first kappa shape index (κ1) is 24.5. The van der Waals surface area contributed by atoms with Crippen molar-refractivity contribution in [2.45, 2.75) is 89.6 Å². The molecule has 1 saturated heterocycles. The van der Waals surface area contributed by atoms with Gasteiger partial charge in [0.05, 0.1) is 0 Å². The summed E-state index contributed by atoms with van der Waals surface area (Å²) in [5.41, 5.74) is 1.79. The number of ether oxygens (including phenoxy) is 2. The summed E-state index contributed by atoms with van der Waals surface area (Å²) >= 11 is 0. The third-order valence-electron chi connectivity index (χ3n) is 6.67. The zero-order valence-electron chi connectivity index (χ0n) is 18.9. The molecular formula is C26H36O6. The molecule has 2 atom stereocenters. The van der Waals surface area contributed by atoms with E-state index < -0.39 is 30.4 Å². The van der Waals surface area contributed by atoms with E-state index in [0.29, 0.717) is 5.56 Å². The minimum absolute atomic E-state index is 0.620. The minimum atomic E-state index is -1.51. The van der Waals surface area contributed by atoms with Crippen molar-refractivity contribution < 1.29 is 29.3 Å². The van der Waals surface area contributed by atoms with E-state index in [4.69, 9.17) is 19.7 Å². The molecule has 32 heavy (non-hydrogen) atoms. The van der Waals surface area contributed by atoms with Gasteiger partial charge in [-0.15, -0.1) is 0 Å². The van der Waals surface area contributed by atoms with E-state index in [2.05, 4.69) is 19.1 Å². The van der Waals surface area contributed by atoms with E-state index >= 15 is 0 Å². The summed E-state index contributed by atoms with van der Waals surface area (Å²) < 4.78 is 10.6. The zero-order valence-corrected chi connectivity index (χ0v) is 18.9. The van der Waals surface area contributed by atoms with Gasteiger partial charge < -0.3 is 19.7 Å². The van der Waals surface area contributed by atoms with Crippen LogP contribution in [-0.2, 0) is 25.5 Å². The predicted molar refractivity (Wildman–Crippen MR) is 121 cm³/mol. The second-order valence-electron chi connectivity index (χ2n) is 9.11. The van der Waals surface area contributed by atoms with Crippen molar-refractivity contribution in [3.63, 3.8) is 0 Å². The van der Waals surface area contributed by atoms with Crippen LogP contribution in [0.5, 0.6) is 0 Å². The van der Waals surface area contributed by atoms with Crippen LogP contribution in [-0.4, -0.2) is 34.4 Å². The molecule has 2 N–H and O–H groups in total. The number of carboxylic acids is 2. The Morgan fingerprint density at radius 1 is 0.969 bits per heavy atom. The highest BCUT2D eigenvalue weighted by Crippen LogP contribution is 2.33. The number of rotatable bonds is 11. The summed E-state index contributed by atoms with van der Waals surface area (Å²) in [4.78, 5) is 22.4. The van der Waals surface area contributed by atoms with Crippen LogP contribution in [0, 0.1) is 11.8 Å². The van der Waals surface area contributed by atoms with Gasteiger partial charge in [0, 0.05) is 5.56 Å². The monoisotopic (exact) mass is 444 g/mol. The summed E-state index contributed by atoms with van der Waals surface area (Å²) in [6.07, 6.45) is 13.5. The maximum atomic E-state index is 11.2. The van der Waals surface area contributed by atoms with Crippen molar-refractivity contribution in [3.05, 3.63) is 47.5 Å². The topological polar surface area (TPSA) is 93.1 Å². The van der Waals surface area contributed by atoms with Crippen LogP contribution in [0.15, 0.2) is 36.4 Å². The number of allylic oxidation sites excluding steroid dienone is 2. The molecule has 1 aliphatic carbocycles. The fourth-order valence-corrected chi connectivity index (χ4v) is 4.71. The van der Waals surface area contributed by atoms with Gasteiger partial charge in [-0.3, -0.25) is 0 Å². The molecule has 1 heterocycles. The van der Waals surface area contributed by atoms with Crippen molar-refractivity contribution in [2.75, 3.05) is 0 Å². The molecule has 176 valence electrons. The van der Waals surface area contributed by atoms with Crippen LogP contribution < -0.4 is 0 Å². The number of carboxylic acid groups (broad SMARTS) is 2. The number of hydrogen-bond donors (Lipinski definition) is 2. The highest BCUT2D eigenvalue weighted by molar-refractivity contribution is 5.84. The Morgan fingerprint density at radius 3 is 2.16 bits per heavy atom. The lowest BCUT2D eigenvalue weighted by Gasteiger charge is -2.26. The normalized spacial score (nSPS) is 26.5. The fourth-order valence-electron chi connectivity index (χ4n) is 4.71. The average molecular weight is 445 g/mol. The SMILES string of the molecule is CCCCC[C@H]1CC[C@H](C=CCCc2ccc(C3O[C@@H](C(=O)O)[C@H](C(=O)O)O3)cc2)CC1. The van der Waals surface area contributed by atoms with E-state index in [1.807, 2.05) is 24.3 Å². The first-order chi connectivity index (χ1) is 15.5. The van der Waals surface area contributed by atoms with Gasteiger partial charge in [-0.25, -0.2) is 9.59 Å². The van der Waals surface area contributed by atoms with Gasteiger partial charge in [0.25, 0.3) is 0 Å². The molecule has 0 amide bonds. The van der Waals surface area contributed by atoms with Crippen LogP contribution >= 0.6 is 0 Å². The molecule has 6 nitrogen and oxygen atoms in total. The Kier molecular flexibility index (Phi) is 9.30. The summed E-state index contributed by atoms with van der Waals surface area (Å²) in [7, 11) is 0. The molecule has 1 aromatic carbocycles. The van der Waals surface area contributed by atoms with Crippen molar-refractivity contribution in [2.24, 2.45) is 11.8 Å². The molecule has 2 aliphatic rings. The molecule has 0 bridgehead atoms. The molecule has 1 aliphatic heterocycles. The number of hydrogen-bond acceptors (Lipinski definition) is 4. The van der Waals surface area contributed by atoms with E-state index in [1.165, 1.54) is 56.9 Å². The van der Waals surface area contributed by atoms with Crippen molar-refractivity contribution >= 4 is 11.9 Å². The Hall–Kier alpha value is -2.18. The Bertz CT molecular complexity index is 741. The smallest absolute Gasteiger partial charge is 0.336 e. The number of unbranched alkanes of at least 4 members (excludes halogenated alkanes) is 2. The number of aryl methyl sites for hydroxylation is 1. The molecule has 0 spiro atoms. The second-order valence-corrected chi connectivity index (χ2v) is 9.11. The van der Waals surface area contributed by atoms with Crippen LogP contribution in [0.1, 0.15) is 82.1 Å². The van der Waals surface area contributed by atoms with Gasteiger partial charge >= 0.3 is 11.9 Å². The van der Waals surface area contributed by atoms with Crippen LogP contribution in [0.25, 0.3) is 0 Å². The maximum absolute atomic E-state index is 11.2. The summed E-state index contributed by atoms with van der Waals surface area (Å²) in [5, 5.41) is 18.3. The molecule has 2 fully saturated rings. The lowest BCUT2D eigenvalue weighted by atomic mass is 9.79. The van der Waals surface area contributed by atoms with Gasteiger partial charge in [0.1, 0.15) is 0 Å². The van der Waals surface area contributed by atoms with Gasteiger partial charge in [-0.1, -0.05) is 69.0 Å². The molecule has 6 heteroatoms.